The van der Waals surface area contributed by atoms with Gasteiger partial charge >= 0.3 is 11.9 Å². The van der Waals surface area contributed by atoms with E-state index in [0.29, 0.717) is 11.8 Å². The number of hydrogen-bond donors (Lipinski definition) is 0. The van der Waals surface area contributed by atoms with Gasteiger partial charge in [-0.05, 0) is 30.5 Å². The minimum absolute atomic E-state index is 0.121. The predicted octanol–water partition coefficient (Wildman–Crippen LogP) is 3.04. The van der Waals surface area contributed by atoms with Crippen LogP contribution in [0.2, 0.25) is 0 Å². The fourth-order valence-electron chi connectivity index (χ4n) is 1.63. The van der Waals surface area contributed by atoms with E-state index >= 15 is 0 Å². The van der Waals surface area contributed by atoms with E-state index in [0.717, 1.165) is 5.56 Å². The molecule has 0 saturated carbocycles. The molecule has 0 fully saturated rings. The fraction of sp³-hybridized carbons (Fsp3) is 0.357. The van der Waals surface area contributed by atoms with Crippen LogP contribution in [0, 0.1) is 0 Å². The zero-order chi connectivity index (χ0) is 13.8. The zero-order valence-corrected chi connectivity index (χ0v) is 11.2. The average molecular weight is 260 g/mol. The first-order valence-corrected chi connectivity index (χ1v) is 6.22. The van der Waals surface area contributed by atoms with Gasteiger partial charge in [-0.2, -0.15) is 0 Å². The lowest BCUT2D eigenvalue weighted by molar-refractivity contribution is 0.0481. The maximum absolute atomic E-state index is 11.4. The van der Waals surface area contributed by atoms with Crippen LogP contribution in [0.5, 0.6) is 0 Å². The summed E-state index contributed by atoms with van der Waals surface area (Å²) in [5.74, 6) is 0.0648. The summed E-state index contributed by atoms with van der Waals surface area (Å²) >= 11 is 0. The highest BCUT2D eigenvalue weighted by atomic mass is 16.5. The zero-order valence-electron chi connectivity index (χ0n) is 11.2. The van der Waals surface area contributed by atoms with E-state index in [1.807, 2.05) is 24.3 Å². The third kappa shape index (κ3) is 2.99. The van der Waals surface area contributed by atoms with Gasteiger partial charge in [-0.1, -0.05) is 26.0 Å². The van der Waals surface area contributed by atoms with Crippen LogP contribution in [0.4, 0.5) is 0 Å². The van der Waals surface area contributed by atoms with Crippen molar-refractivity contribution in [3.63, 3.8) is 0 Å². The molecule has 0 aliphatic rings. The largest absolute Gasteiger partial charge is 0.459 e. The molecule has 0 saturated heterocycles. The van der Waals surface area contributed by atoms with Gasteiger partial charge in [0.2, 0.25) is 5.89 Å². The molecular formula is C14H16N2O3. The number of esters is 1. The first-order valence-electron chi connectivity index (χ1n) is 6.22. The fourth-order valence-corrected chi connectivity index (χ4v) is 1.63. The van der Waals surface area contributed by atoms with E-state index in [1.165, 1.54) is 5.56 Å². The van der Waals surface area contributed by atoms with Gasteiger partial charge in [-0.15, -0.1) is 10.2 Å². The Morgan fingerprint density at radius 1 is 1.26 bits per heavy atom. The molecule has 0 bridgehead atoms. The minimum Gasteiger partial charge on any atom is -0.459 e. The molecular weight excluding hydrogens is 244 g/mol. The molecule has 0 spiro atoms. The van der Waals surface area contributed by atoms with Gasteiger partial charge < -0.3 is 9.15 Å². The standard InChI is InChI=1S/C14H16N2O3/c1-4-18-14(17)13-16-15-12(19-13)11-7-5-10(6-8-11)9(2)3/h5-9H,4H2,1-3H3. The summed E-state index contributed by atoms with van der Waals surface area (Å²) in [6.45, 7) is 6.25. The Morgan fingerprint density at radius 3 is 2.53 bits per heavy atom. The van der Waals surface area contributed by atoms with Gasteiger partial charge in [-0.25, -0.2) is 4.79 Å². The van der Waals surface area contributed by atoms with Crippen molar-refractivity contribution in [2.24, 2.45) is 0 Å². The topological polar surface area (TPSA) is 65.2 Å². The first-order chi connectivity index (χ1) is 9.11. The summed E-state index contributed by atoms with van der Waals surface area (Å²) in [6.07, 6.45) is 0. The summed E-state index contributed by atoms with van der Waals surface area (Å²) in [4.78, 5) is 11.4. The molecule has 2 rings (SSSR count). The molecule has 1 aromatic carbocycles. The van der Waals surface area contributed by atoms with E-state index in [1.54, 1.807) is 6.92 Å². The number of carbonyl (C=O) groups excluding carboxylic acids is 1. The second-order valence-electron chi connectivity index (χ2n) is 4.41. The molecule has 1 aromatic heterocycles. The van der Waals surface area contributed by atoms with Gasteiger partial charge in [-0.3, -0.25) is 0 Å². The summed E-state index contributed by atoms with van der Waals surface area (Å²) in [5, 5.41) is 7.52. The third-order valence-electron chi connectivity index (χ3n) is 2.70. The van der Waals surface area contributed by atoms with Gasteiger partial charge in [0, 0.05) is 5.56 Å². The second kappa shape index (κ2) is 5.65. The molecule has 0 unspecified atom stereocenters. The van der Waals surface area contributed by atoms with Crippen molar-refractivity contribution in [2.45, 2.75) is 26.7 Å². The molecule has 100 valence electrons. The molecule has 5 heteroatoms. The summed E-state index contributed by atoms with van der Waals surface area (Å²) in [5.41, 5.74) is 2.02. The monoisotopic (exact) mass is 260 g/mol. The molecule has 0 radical (unpaired) electrons. The molecule has 0 aliphatic carbocycles. The van der Waals surface area contributed by atoms with Crippen LogP contribution in [0.25, 0.3) is 11.5 Å². The first kappa shape index (κ1) is 13.3. The van der Waals surface area contributed by atoms with Crippen LogP contribution in [-0.2, 0) is 4.74 Å². The number of hydrogen-bond acceptors (Lipinski definition) is 5. The Morgan fingerprint density at radius 2 is 1.95 bits per heavy atom. The van der Waals surface area contributed by atoms with Gasteiger partial charge in [0.1, 0.15) is 0 Å². The third-order valence-corrected chi connectivity index (χ3v) is 2.70. The van der Waals surface area contributed by atoms with Crippen LogP contribution in [-0.4, -0.2) is 22.8 Å². The quantitative estimate of drug-likeness (QED) is 0.790. The van der Waals surface area contributed by atoms with Crippen molar-refractivity contribution in [1.82, 2.24) is 10.2 Å². The molecule has 0 atom stereocenters. The molecule has 19 heavy (non-hydrogen) atoms. The van der Waals surface area contributed by atoms with Crippen molar-refractivity contribution in [1.29, 1.82) is 0 Å². The molecule has 0 aliphatic heterocycles. The normalized spacial score (nSPS) is 10.7. The summed E-state index contributed by atoms with van der Waals surface area (Å²) < 4.78 is 10.1. The van der Waals surface area contributed by atoms with E-state index < -0.39 is 5.97 Å². The van der Waals surface area contributed by atoms with Crippen molar-refractivity contribution >= 4 is 5.97 Å². The van der Waals surface area contributed by atoms with Gasteiger partial charge in [0.15, 0.2) is 0 Å². The average Bonchev–Trinajstić information content (AvgIpc) is 2.89. The number of rotatable bonds is 4. The Kier molecular flexibility index (Phi) is 3.94. The number of carbonyl (C=O) groups is 1. The maximum Gasteiger partial charge on any atom is 0.396 e. The Hall–Kier alpha value is -2.17. The summed E-state index contributed by atoms with van der Waals surface area (Å²) in [7, 11) is 0. The van der Waals surface area contributed by atoms with Crippen molar-refractivity contribution in [3.05, 3.63) is 35.7 Å². The highest BCUT2D eigenvalue weighted by molar-refractivity contribution is 5.84. The Bertz CT molecular complexity index is 558. The SMILES string of the molecule is CCOC(=O)c1nnc(-c2ccc(C(C)C)cc2)o1. The Labute approximate surface area is 111 Å². The van der Waals surface area contributed by atoms with Crippen molar-refractivity contribution < 1.29 is 13.9 Å². The van der Waals surface area contributed by atoms with E-state index in [2.05, 4.69) is 24.0 Å². The maximum atomic E-state index is 11.4. The van der Waals surface area contributed by atoms with Crippen LogP contribution >= 0.6 is 0 Å². The highest BCUT2D eigenvalue weighted by Gasteiger charge is 2.16. The number of benzene rings is 1. The Balaban J connectivity index is 2.20. The summed E-state index contributed by atoms with van der Waals surface area (Å²) in [6, 6.07) is 7.82. The highest BCUT2D eigenvalue weighted by Crippen LogP contribution is 2.21. The van der Waals surface area contributed by atoms with E-state index in [-0.39, 0.29) is 12.5 Å². The van der Waals surface area contributed by atoms with Gasteiger partial charge in [0.25, 0.3) is 0 Å². The number of aromatic nitrogens is 2. The second-order valence-corrected chi connectivity index (χ2v) is 4.41. The van der Waals surface area contributed by atoms with E-state index in [9.17, 15) is 4.79 Å². The lowest BCUT2D eigenvalue weighted by atomic mass is 10.0. The molecule has 1 heterocycles. The predicted molar refractivity (Wildman–Crippen MR) is 69.8 cm³/mol. The van der Waals surface area contributed by atoms with E-state index in [4.69, 9.17) is 9.15 Å². The molecule has 0 N–H and O–H groups in total. The van der Waals surface area contributed by atoms with Gasteiger partial charge in [0.05, 0.1) is 6.61 Å². The number of nitrogens with zero attached hydrogens (tertiary/aromatic N) is 2. The number of ether oxygens (including phenoxy) is 1. The van der Waals surface area contributed by atoms with Crippen LogP contribution in [0.3, 0.4) is 0 Å². The van der Waals surface area contributed by atoms with Crippen LogP contribution in [0.1, 0.15) is 42.9 Å². The van der Waals surface area contributed by atoms with Crippen LogP contribution in [0.15, 0.2) is 28.7 Å². The minimum atomic E-state index is -0.597. The smallest absolute Gasteiger partial charge is 0.396 e. The van der Waals surface area contributed by atoms with Crippen molar-refractivity contribution in [2.75, 3.05) is 6.61 Å². The molecule has 0 amide bonds. The van der Waals surface area contributed by atoms with Crippen molar-refractivity contribution in [3.8, 4) is 11.5 Å². The molecule has 2 aromatic rings. The lowest BCUT2D eigenvalue weighted by Crippen LogP contribution is -2.04. The molecule has 5 nitrogen and oxygen atoms in total. The lowest BCUT2D eigenvalue weighted by Gasteiger charge is -2.04. The van der Waals surface area contributed by atoms with Crippen LogP contribution < -0.4 is 0 Å².